The van der Waals surface area contributed by atoms with Crippen molar-refractivity contribution < 1.29 is 18.3 Å². The number of aryl methyl sites for hydroxylation is 1. The number of rotatable bonds is 5. The largest absolute Gasteiger partial charge is 0.463 e. The lowest BCUT2D eigenvalue weighted by atomic mass is 9.99. The van der Waals surface area contributed by atoms with E-state index in [1.165, 1.54) is 23.9 Å². The lowest BCUT2D eigenvalue weighted by Crippen LogP contribution is -2.13. The molecule has 0 aliphatic rings. The standard InChI is InChI=1S/C20H18ClN3O4S3/c1-10-6-12(21)8-14(22)17(10)11-4-3-5-13(7-11)31(27,28)16-9-15(30-19(16)29-2)18(23)24-20(25)26/h3-9H,22H2,1-2H3,(H2,23,24)(H,25,26). The van der Waals surface area contributed by atoms with Crippen molar-refractivity contribution in [3.8, 4) is 11.1 Å². The molecule has 0 radical (unpaired) electrons. The van der Waals surface area contributed by atoms with Gasteiger partial charge in [-0.2, -0.15) is 4.99 Å². The number of nitrogen functional groups attached to an aromatic ring is 1. The van der Waals surface area contributed by atoms with Gasteiger partial charge in [-0.1, -0.05) is 23.7 Å². The highest BCUT2D eigenvalue weighted by Gasteiger charge is 2.26. The first kappa shape index (κ1) is 23.1. The van der Waals surface area contributed by atoms with Crippen molar-refractivity contribution in [3.63, 3.8) is 0 Å². The van der Waals surface area contributed by atoms with Crippen molar-refractivity contribution >= 4 is 62.2 Å². The number of aliphatic imine (C=N–C) groups is 1. The SMILES string of the molecule is CSc1sc(/C(N)=N\C(=O)O)cc1S(=O)(=O)c1cccc(-c2c(C)cc(Cl)cc2N)c1. The van der Waals surface area contributed by atoms with E-state index in [2.05, 4.69) is 4.99 Å². The van der Waals surface area contributed by atoms with Gasteiger partial charge in [0.15, 0.2) is 0 Å². The number of hydrogen-bond acceptors (Lipinski definition) is 6. The molecule has 0 fully saturated rings. The monoisotopic (exact) mass is 495 g/mol. The molecule has 5 N–H and O–H groups in total. The summed E-state index contributed by atoms with van der Waals surface area (Å²) in [6.07, 6.45) is 0.275. The maximum Gasteiger partial charge on any atom is 0.433 e. The Morgan fingerprint density at radius 2 is 1.94 bits per heavy atom. The first-order valence-corrected chi connectivity index (χ1v) is 12.6. The number of anilines is 1. The molecule has 0 bridgehead atoms. The molecule has 31 heavy (non-hydrogen) atoms. The first-order valence-electron chi connectivity index (χ1n) is 8.71. The third-order valence-corrected chi connectivity index (χ3v) is 8.92. The Morgan fingerprint density at radius 3 is 2.55 bits per heavy atom. The molecule has 0 unspecified atom stereocenters. The van der Waals surface area contributed by atoms with Gasteiger partial charge in [0.1, 0.15) is 5.84 Å². The molecule has 7 nitrogen and oxygen atoms in total. The van der Waals surface area contributed by atoms with E-state index in [0.29, 0.717) is 26.0 Å². The highest BCUT2D eigenvalue weighted by molar-refractivity contribution is 8.01. The molecular weight excluding hydrogens is 478 g/mol. The molecule has 1 heterocycles. The van der Waals surface area contributed by atoms with Gasteiger partial charge in [-0.25, -0.2) is 13.2 Å². The van der Waals surface area contributed by atoms with E-state index in [-0.39, 0.29) is 20.5 Å². The molecule has 0 aliphatic heterocycles. The smallest absolute Gasteiger partial charge is 0.433 e. The fourth-order valence-electron chi connectivity index (χ4n) is 3.08. The predicted molar refractivity (Wildman–Crippen MR) is 126 cm³/mol. The van der Waals surface area contributed by atoms with Crippen LogP contribution in [-0.2, 0) is 9.84 Å². The average Bonchev–Trinajstić information content (AvgIpc) is 3.12. The van der Waals surface area contributed by atoms with Crippen molar-refractivity contribution in [1.29, 1.82) is 0 Å². The summed E-state index contributed by atoms with van der Waals surface area (Å²) in [5.74, 6) is -0.257. The molecule has 2 aromatic carbocycles. The average molecular weight is 496 g/mol. The number of carboxylic acid groups (broad SMARTS) is 1. The van der Waals surface area contributed by atoms with Crippen LogP contribution >= 0.6 is 34.7 Å². The minimum Gasteiger partial charge on any atom is -0.463 e. The topological polar surface area (TPSA) is 136 Å². The molecule has 1 aromatic heterocycles. The lowest BCUT2D eigenvalue weighted by molar-refractivity contribution is 0.205. The van der Waals surface area contributed by atoms with Crippen molar-refractivity contribution in [2.45, 2.75) is 20.9 Å². The van der Waals surface area contributed by atoms with E-state index in [1.54, 1.807) is 36.6 Å². The maximum atomic E-state index is 13.4. The van der Waals surface area contributed by atoms with Crippen LogP contribution in [0.4, 0.5) is 10.5 Å². The summed E-state index contributed by atoms with van der Waals surface area (Å²) < 4.78 is 27.3. The molecule has 0 saturated carbocycles. The summed E-state index contributed by atoms with van der Waals surface area (Å²) in [6, 6.07) is 11.2. The Labute approximate surface area is 192 Å². The zero-order valence-corrected chi connectivity index (χ0v) is 19.6. The number of carbonyl (C=O) groups is 1. The third-order valence-electron chi connectivity index (χ3n) is 4.37. The number of amides is 1. The lowest BCUT2D eigenvalue weighted by Gasteiger charge is -2.12. The van der Waals surface area contributed by atoms with Crippen LogP contribution in [0.1, 0.15) is 10.4 Å². The second kappa shape index (κ2) is 8.91. The number of nitrogens with zero attached hydrogens (tertiary/aromatic N) is 1. The number of thioether (sulfide) groups is 1. The summed E-state index contributed by atoms with van der Waals surface area (Å²) in [5.41, 5.74) is 14.5. The van der Waals surface area contributed by atoms with Crippen LogP contribution in [0, 0.1) is 6.92 Å². The highest BCUT2D eigenvalue weighted by atomic mass is 35.5. The Morgan fingerprint density at radius 1 is 1.23 bits per heavy atom. The summed E-state index contributed by atoms with van der Waals surface area (Å²) >= 11 is 8.35. The molecule has 0 atom stereocenters. The number of halogens is 1. The highest BCUT2D eigenvalue weighted by Crippen LogP contribution is 2.39. The van der Waals surface area contributed by atoms with E-state index in [9.17, 15) is 13.2 Å². The van der Waals surface area contributed by atoms with Gasteiger partial charge >= 0.3 is 6.09 Å². The minimum atomic E-state index is -3.92. The van der Waals surface area contributed by atoms with Crippen LogP contribution in [0.15, 0.2) is 61.5 Å². The zero-order chi connectivity index (χ0) is 22.9. The second-order valence-electron chi connectivity index (χ2n) is 6.46. The van der Waals surface area contributed by atoms with Gasteiger partial charge < -0.3 is 16.6 Å². The van der Waals surface area contributed by atoms with E-state index < -0.39 is 15.9 Å². The zero-order valence-electron chi connectivity index (χ0n) is 16.4. The number of nitrogens with two attached hydrogens (primary N) is 2. The number of sulfone groups is 1. The number of amidine groups is 1. The van der Waals surface area contributed by atoms with E-state index in [4.69, 9.17) is 28.2 Å². The van der Waals surface area contributed by atoms with Crippen molar-refractivity contribution in [3.05, 3.63) is 57.9 Å². The van der Waals surface area contributed by atoms with Crippen molar-refractivity contribution in [2.75, 3.05) is 12.0 Å². The molecule has 3 aromatic rings. The van der Waals surface area contributed by atoms with E-state index in [1.807, 2.05) is 6.92 Å². The van der Waals surface area contributed by atoms with Crippen LogP contribution in [0.5, 0.6) is 0 Å². The van der Waals surface area contributed by atoms with Gasteiger partial charge in [-0.3, -0.25) is 0 Å². The van der Waals surface area contributed by atoms with Crippen LogP contribution in [0.25, 0.3) is 11.1 Å². The fraction of sp³-hybridized carbons (Fsp3) is 0.100. The number of thiophene rings is 1. The van der Waals surface area contributed by atoms with Gasteiger partial charge in [0.25, 0.3) is 0 Å². The van der Waals surface area contributed by atoms with E-state index in [0.717, 1.165) is 16.9 Å². The first-order chi connectivity index (χ1) is 14.5. The Kier molecular flexibility index (Phi) is 6.65. The second-order valence-corrected chi connectivity index (χ2v) is 10.9. The molecular formula is C20H18ClN3O4S3. The maximum absolute atomic E-state index is 13.4. The summed E-state index contributed by atoms with van der Waals surface area (Å²) in [6.45, 7) is 1.85. The third kappa shape index (κ3) is 4.72. The van der Waals surface area contributed by atoms with Crippen LogP contribution in [0.3, 0.4) is 0 Å². The fourth-order valence-corrected chi connectivity index (χ4v) is 7.30. The molecule has 11 heteroatoms. The molecule has 0 saturated heterocycles. The Hall–Kier alpha value is -2.53. The summed E-state index contributed by atoms with van der Waals surface area (Å²) in [7, 11) is -3.92. The van der Waals surface area contributed by atoms with Gasteiger partial charge in [-0.05, 0) is 54.6 Å². The van der Waals surface area contributed by atoms with Crippen LogP contribution in [-0.4, -0.2) is 31.7 Å². The molecule has 162 valence electrons. The molecule has 0 spiro atoms. The summed E-state index contributed by atoms with van der Waals surface area (Å²) in [4.78, 5) is 14.5. The molecule has 0 aliphatic carbocycles. The Balaban J connectivity index is 2.14. The molecule has 3 rings (SSSR count). The van der Waals surface area contributed by atoms with Crippen LogP contribution < -0.4 is 11.5 Å². The van der Waals surface area contributed by atoms with Gasteiger partial charge in [0.2, 0.25) is 9.84 Å². The van der Waals surface area contributed by atoms with Crippen molar-refractivity contribution in [1.82, 2.24) is 0 Å². The van der Waals surface area contributed by atoms with Crippen LogP contribution in [0.2, 0.25) is 5.02 Å². The number of benzene rings is 2. The molecule has 1 amide bonds. The Bertz CT molecular complexity index is 1290. The van der Waals surface area contributed by atoms with Gasteiger partial charge in [0, 0.05) is 16.3 Å². The summed E-state index contributed by atoms with van der Waals surface area (Å²) in [5, 5.41) is 9.31. The quantitative estimate of drug-likeness (QED) is 0.198. The van der Waals surface area contributed by atoms with Gasteiger partial charge in [-0.15, -0.1) is 23.1 Å². The predicted octanol–water partition coefficient (Wildman–Crippen LogP) is 4.90. The van der Waals surface area contributed by atoms with E-state index >= 15 is 0 Å². The number of hydrogen-bond donors (Lipinski definition) is 3. The minimum absolute atomic E-state index is 0.0430. The van der Waals surface area contributed by atoms with Gasteiger partial charge in [0.05, 0.1) is 18.9 Å². The van der Waals surface area contributed by atoms with Crippen molar-refractivity contribution in [2.24, 2.45) is 10.7 Å². The normalized spacial score (nSPS) is 12.2.